The third kappa shape index (κ3) is 3.77. The van der Waals surface area contributed by atoms with Crippen molar-refractivity contribution in [1.29, 1.82) is 0 Å². The maximum Gasteiger partial charge on any atom is 0.229 e. The minimum Gasteiger partial charge on any atom is -0.338 e. The lowest BCUT2D eigenvalue weighted by molar-refractivity contribution is -0.496. The van der Waals surface area contributed by atoms with Crippen LogP contribution in [0.1, 0.15) is 36.8 Å². The molecule has 1 fully saturated rings. The van der Waals surface area contributed by atoms with Crippen LogP contribution in [-0.2, 0) is 17.9 Å². The van der Waals surface area contributed by atoms with Crippen LogP contribution < -0.4 is 0 Å². The van der Waals surface area contributed by atoms with E-state index in [1.807, 2.05) is 17.0 Å². The number of likely N-dealkylation sites (tertiary alicyclic amines) is 1. The number of carbonyl (C=O) groups is 1. The Morgan fingerprint density at radius 1 is 1.16 bits per heavy atom. The second-order valence-electron chi connectivity index (χ2n) is 4.89. The molecule has 0 radical (unpaired) electrons. The van der Waals surface area contributed by atoms with Gasteiger partial charge in [0.25, 0.3) is 0 Å². The average molecular weight is 262 g/mol. The summed E-state index contributed by atoms with van der Waals surface area (Å²) in [7, 11) is 0. The predicted octanol–water partition coefficient (Wildman–Crippen LogP) is 2.37. The summed E-state index contributed by atoms with van der Waals surface area (Å²) in [6.45, 7) is 1.06. The third-order valence-corrected chi connectivity index (χ3v) is 3.45. The van der Waals surface area contributed by atoms with Gasteiger partial charge < -0.3 is 4.90 Å². The Balaban J connectivity index is 2.13. The van der Waals surface area contributed by atoms with Gasteiger partial charge in [0, 0.05) is 30.0 Å². The zero-order valence-electron chi connectivity index (χ0n) is 10.9. The van der Waals surface area contributed by atoms with Gasteiger partial charge in [-0.05, 0) is 18.4 Å². The third-order valence-electron chi connectivity index (χ3n) is 3.45. The largest absolute Gasteiger partial charge is 0.338 e. The molecule has 1 saturated heterocycles. The van der Waals surface area contributed by atoms with Crippen molar-refractivity contribution in [2.24, 2.45) is 0 Å². The molecule has 0 unspecified atom stereocenters. The van der Waals surface area contributed by atoms with Crippen LogP contribution in [-0.4, -0.2) is 22.3 Å². The Bertz CT molecular complexity index is 474. The van der Waals surface area contributed by atoms with Gasteiger partial charge in [-0.2, -0.15) is 0 Å². The van der Waals surface area contributed by atoms with E-state index in [-0.39, 0.29) is 17.4 Å². The van der Waals surface area contributed by atoms with Gasteiger partial charge in [-0.3, -0.25) is 14.9 Å². The molecule has 1 aromatic rings. The van der Waals surface area contributed by atoms with E-state index in [0.717, 1.165) is 31.4 Å². The zero-order chi connectivity index (χ0) is 13.7. The molecule has 1 heterocycles. The first-order chi connectivity index (χ1) is 9.16. The topological polar surface area (TPSA) is 63.5 Å². The first-order valence-corrected chi connectivity index (χ1v) is 6.63. The molecule has 0 N–H and O–H groups in total. The zero-order valence-corrected chi connectivity index (χ0v) is 10.9. The maximum atomic E-state index is 11.9. The molecular weight excluding hydrogens is 244 g/mol. The highest BCUT2D eigenvalue weighted by atomic mass is 16.6. The van der Waals surface area contributed by atoms with Crippen molar-refractivity contribution in [2.75, 3.05) is 6.54 Å². The number of rotatable bonds is 4. The quantitative estimate of drug-likeness (QED) is 0.618. The Kier molecular flexibility index (Phi) is 4.49. The van der Waals surface area contributed by atoms with Crippen molar-refractivity contribution < 1.29 is 9.72 Å². The summed E-state index contributed by atoms with van der Waals surface area (Å²) >= 11 is 0. The van der Waals surface area contributed by atoms with Gasteiger partial charge >= 0.3 is 0 Å². The molecule has 19 heavy (non-hydrogen) atoms. The van der Waals surface area contributed by atoms with Crippen LogP contribution in [0.4, 0.5) is 0 Å². The molecule has 1 aliphatic rings. The van der Waals surface area contributed by atoms with Crippen LogP contribution in [0.3, 0.4) is 0 Å². The fraction of sp³-hybridized carbons (Fsp3) is 0.500. The number of benzene rings is 1. The van der Waals surface area contributed by atoms with Crippen molar-refractivity contribution in [3.05, 3.63) is 45.5 Å². The van der Waals surface area contributed by atoms with E-state index in [9.17, 15) is 14.9 Å². The highest BCUT2D eigenvalue weighted by Gasteiger charge is 2.18. The van der Waals surface area contributed by atoms with Crippen LogP contribution in [0.5, 0.6) is 0 Å². The molecule has 0 spiro atoms. The molecule has 0 aliphatic carbocycles. The Labute approximate surface area is 112 Å². The van der Waals surface area contributed by atoms with Crippen molar-refractivity contribution in [3.63, 3.8) is 0 Å². The molecule has 1 aliphatic heterocycles. The predicted molar refractivity (Wildman–Crippen MR) is 71.0 cm³/mol. The van der Waals surface area contributed by atoms with Crippen molar-refractivity contribution in [1.82, 2.24) is 4.90 Å². The SMILES string of the molecule is O=C1CCCCCN1Cc1ccccc1C[N+](=O)[O-]. The summed E-state index contributed by atoms with van der Waals surface area (Å²) in [4.78, 5) is 24.1. The van der Waals surface area contributed by atoms with E-state index in [0.29, 0.717) is 18.5 Å². The van der Waals surface area contributed by atoms with Gasteiger partial charge in [-0.1, -0.05) is 30.7 Å². The normalized spacial score (nSPS) is 16.2. The molecule has 0 bridgehead atoms. The number of nitrogens with zero attached hydrogens (tertiary/aromatic N) is 2. The van der Waals surface area contributed by atoms with E-state index in [2.05, 4.69) is 0 Å². The molecule has 0 aromatic heterocycles. The van der Waals surface area contributed by atoms with Gasteiger partial charge in [0.1, 0.15) is 0 Å². The lowest BCUT2D eigenvalue weighted by atomic mass is 10.1. The van der Waals surface area contributed by atoms with Crippen LogP contribution >= 0.6 is 0 Å². The van der Waals surface area contributed by atoms with Gasteiger partial charge in [-0.25, -0.2) is 0 Å². The van der Waals surface area contributed by atoms with Gasteiger partial charge in [0.2, 0.25) is 12.5 Å². The minimum atomic E-state index is -0.330. The number of hydrogen-bond acceptors (Lipinski definition) is 3. The number of amides is 1. The fourth-order valence-electron chi connectivity index (χ4n) is 2.42. The molecule has 102 valence electrons. The molecule has 1 amide bonds. The summed E-state index contributed by atoms with van der Waals surface area (Å²) in [6.07, 6.45) is 3.64. The smallest absolute Gasteiger partial charge is 0.229 e. The molecule has 5 heteroatoms. The van der Waals surface area contributed by atoms with E-state index < -0.39 is 0 Å². The number of carbonyl (C=O) groups excluding carboxylic acids is 1. The monoisotopic (exact) mass is 262 g/mol. The Morgan fingerprint density at radius 2 is 1.89 bits per heavy atom. The maximum absolute atomic E-state index is 11.9. The number of hydrogen-bond donors (Lipinski definition) is 0. The number of nitro groups is 1. The van der Waals surface area contributed by atoms with E-state index >= 15 is 0 Å². The summed E-state index contributed by atoms with van der Waals surface area (Å²) in [6, 6.07) is 7.30. The summed E-state index contributed by atoms with van der Waals surface area (Å²) in [5.41, 5.74) is 1.58. The lowest BCUT2D eigenvalue weighted by Crippen LogP contribution is -2.30. The Hall–Kier alpha value is -1.91. The van der Waals surface area contributed by atoms with E-state index in [4.69, 9.17) is 0 Å². The molecule has 1 aromatic carbocycles. The van der Waals surface area contributed by atoms with Crippen LogP contribution in [0.15, 0.2) is 24.3 Å². The fourth-order valence-corrected chi connectivity index (χ4v) is 2.42. The first kappa shape index (κ1) is 13.5. The van der Waals surface area contributed by atoms with Crippen LogP contribution in [0, 0.1) is 10.1 Å². The van der Waals surface area contributed by atoms with Crippen LogP contribution in [0.2, 0.25) is 0 Å². The van der Waals surface area contributed by atoms with Crippen molar-refractivity contribution in [3.8, 4) is 0 Å². The standard InChI is InChI=1S/C14H18N2O3/c17-14-8-2-1-5-9-15(14)10-12-6-3-4-7-13(12)11-16(18)19/h3-4,6-7H,1-2,5,8-11H2. The minimum absolute atomic E-state index is 0.161. The lowest BCUT2D eigenvalue weighted by Gasteiger charge is -2.21. The van der Waals surface area contributed by atoms with Crippen molar-refractivity contribution in [2.45, 2.75) is 38.8 Å². The average Bonchev–Trinajstić information content (AvgIpc) is 2.57. The van der Waals surface area contributed by atoms with Gasteiger partial charge in [0.15, 0.2) is 0 Å². The first-order valence-electron chi connectivity index (χ1n) is 6.63. The molecule has 2 rings (SSSR count). The molecule has 0 saturated carbocycles. The molecular formula is C14H18N2O3. The summed E-state index contributed by atoms with van der Waals surface area (Å²) < 4.78 is 0. The highest BCUT2D eigenvalue weighted by Crippen LogP contribution is 2.17. The Morgan fingerprint density at radius 3 is 2.63 bits per heavy atom. The summed E-state index contributed by atoms with van der Waals surface area (Å²) in [5, 5.41) is 10.7. The van der Waals surface area contributed by atoms with E-state index in [1.165, 1.54) is 0 Å². The molecule has 5 nitrogen and oxygen atoms in total. The van der Waals surface area contributed by atoms with Gasteiger partial charge in [-0.15, -0.1) is 0 Å². The van der Waals surface area contributed by atoms with E-state index in [1.54, 1.807) is 12.1 Å². The highest BCUT2D eigenvalue weighted by molar-refractivity contribution is 5.76. The molecule has 0 atom stereocenters. The summed E-state index contributed by atoms with van der Waals surface area (Å²) in [5.74, 6) is 0.161. The second-order valence-corrected chi connectivity index (χ2v) is 4.89. The van der Waals surface area contributed by atoms with Crippen LogP contribution in [0.25, 0.3) is 0 Å². The van der Waals surface area contributed by atoms with Crippen molar-refractivity contribution >= 4 is 5.91 Å². The second kappa shape index (κ2) is 6.31. The van der Waals surface area contributed by atoms with Gasteiger partial charge in [0.05, 0.1) is 0 Å².